The SMILES string of the molecule is NC(=O)N(O)Cc1ccc2cc(OCc3nc4ccccc4s3)ccc2c1. The highest BCUT2D eigenvalue weighted by Crippen LogP contribution is 2.25. The summed E-state index contributed by atoms with van der Waals surface area (Å²) in [6.07, 6.45) is 0. The molecule has 0 unspecified atom stereocenters. The molecule has 0 atom stereocenters. The highest BCUT2D eigenvalue weighted by Gasteiger charge is 2.08. The molecule has 136 valence electrons. The van der Waals surface area contributed by atoms with Gasteiger partial charge in [0, 0.05) is 0 Å². The van der Waals surface area contributed by atoms with Gasteiger partial charge in [-0.05, 0) is 46.7 Å². The van der Waals surface area contributed by atoms with E-state index < -0.39 is 6.03 Å². The molecular formula is C20H17N3O3S. The topological polar surface area (TPSA) is 88.7 Å². The van der Waals surface area contributed by atoms with E-state index in [2.05, 4.69) is 11.1 Å². The van der Waals surface area contributed by atoms with Crippen molar-refractivity contribution < 1.29 is 14.7 Å². The van der Waals surface area contributed by atoms with Crippen LogP contribution in [-0.2, 0) is 13.2 Å². The first-order valence-electron chi connectivity index (χ1n) is 8.34. The molecule has 3 N–H and O–H groups in total. The molecule has 0 radical (unpaired) electrons. The quantitative estimate of drug-likeness (QED) is 0.400. The van der Waals surface area contributed by atoms with Crippen LogP contribution in [-0.4, -0.2) is 21.3 Å². The van der Waals surface area contributed by atoms with E-state index in [4.69, 9.17) is 10.5 Å². The van der Waals surface area contributed by atoms with Crippen LogP contribution < -0.4 is 10.5 Å². The van der Waals surface area contributed by atoms with Crippen molar-refractivity contribution >= 4 is 38.4 Å². The number of hydroxylamine groups is 2. The predicted molar refractivity (Wildman–Crippen MR) is 105 cm³/mol. The van der Waals surface area contributed by atoms with E-state index in [1.807, 2.05) is 54.6 Å². The fourth-order valence-electron chi connectivity index (χ4n) is 2.84. The lowest BCUT2D eigenvalue weighted by molar-refractivity contribution is -0.0470. The number of hydrogen-bond donors (Lipinski definition) is 2. The smallest absolute Gasteiger partial charge is 0.338 e. The van der Waals surface area contributed by atoms with Gasteiger partial charge in [0.25, 0.3) is 0 Å². The summed E-state index contributed by atoms with van der Waals surface area (Å²) in [6.45, 7) is 0.460. The number of thiazole rings is 1. The van der Waals surface area contributed by atoms with Crippen LogP contribution in [0.5, 0.6) is 5.75 Å². The van der Waals surface area contributed by atoms with Crippen LogP contribution in [0.2, 0.25) is 0 Å². The predicted octanol–water partition coefficient (Wildman–Crippen LogP) is 4.30. The number of amides is 2. The van der Waals surface area contributed by atoms with Gasteiger partial charge in [-0.3, -0.25) is 5.21 Å². The number of nitrogens with zero attached hydrogens (tertiary/aromatic N) is 2. The Labute approximate surface area is 159 Å². The largest absolute Gasteiger partial charge is 0.486 e. The average molecular weight is 379 g/mol. The Balaban J connectivity index is 1.48. The molecular weight excluding hydrogens is 362 g/mol. The third kappa shape index (κ3) is 3.84. The third-order valence-corrected chi connectivity index (χ3v) is 5.17. The lowest BCUT2D eigenvalue weighted by Crippen LogP contribution is -2.31. The van der Waals surface area contributed by atoms with Crippen LogP contribution in [0.15, 0.2) is 60.7 Å². The Bertz CT molecular complexity index is 1090. The van der Waals surface area contributed by atoms with E-state index in [-0.39, 0.29) is 6.54 Å². The van der Waals surface area contributed by atoms with Gasteiger partial charge in [-0.1, -0.05) is 30.3 Å². The Hall–Kier alpha value is -3.16. The molecule has 1 heterocycles. The number of rotatable bonds is 5. The van der Waals surface area contributed by atoms with Gasteiger partial charge in [0.15, 0.2) is 0 Å². The van der Waals surface area contributed by atoms with Crippen molar-refractivity contribution in [3.8, 4) is 5.75 Å². The number of aromatic nitrogens is 1. The monoisotopic (exact) mass is 379 g/mol. The number of carbonyl (C=O) groups is 1. The number of ether oxygens (including phenoxy) is 1. The molecule has 3 aromatic carbocycles. The first-order chi connectivity index (χ1) is 13.1. The zero-order valence-corrected chi connectivity index (χ0v) is 15.1. The molecule has 0 aliphatic rings. The molecule has 0 spiro atoms. The van der Waals surface area contributed by atoms with Crippen LogP contribution in [0, 0.1) is 0 Å². The van der Waals surface area contributed by atoms with E-state index in [0.29, 0.717) is 11.7 Å². The summed E-state index contributed by atoms with van der Waals surface area (Å²) in [6, 6.07) is 18.6. The summed E-state index contributed by atoms with van der Waals surface area (Å²) in [5.74, 6) is 0.760. The molecule has 7 heteroatoms. The minimum Gasteiger partial charge on any atom is -0.486 e. The third-order valence-electron chi connectivity index (χ3n) is 4.16. The molecule has 0 saturated carbocycles. The van der Waals surface area contributed by atoms with Gasteiger partial charge in [0.05, 0.1) is 16.8 Å². The molecule has 27 heavy (non-hydrogen) atoms. The zero-order valence-electron chi connectivity index (χ0n) is 14.3. The summed E-state index contributed by atoms with van der Waals surface area (Å²) in [5.41, 5.74) is 6.81. The molecule has 0 bridgehead atoms. The van der Waals surface area contributed by atoms with Crippen LogP contribution in [0.1, 0.15) is 10.6 Å². The summed E-state index contributed by atoms with van der Waals surface area (Å²) in [4.78, 5) is 15.5. The summed E-state index contributed by atoms with van der Waals surface area (Å²) >= 11 is 1.63. The maximum atomic E-state index is 10.9. The van der Waals surface area contributed by atoms with Crippen molar-refractivity contribution in [3.05, 3.63) is 71.2 Å². The fourth-order valence-corrected chi connectivity index (χ4v) is 3.72. The minimum atomic E-state index is -0.881. The van der Waals surface area contributed by atoms with Crippen LogP contribution in [0.4, 0.5) is 4.79 Å². The van der Waals surface area contributed by atoms with E-state index in [0.717, 1.165) is 37.3 Å². The second-order valence-corrected chi connectivity index (χ2v) is 7.22. The molecule has 2 amide bonds. The van der Waals surface area contributed by atoms with Gasteiger partial charge < -0.3 is 10.5 Å². The summed E-state index contributed by atoms with van der Waals surface area (Å²) in [7, 11) is 0. The first-order valence-corrected chi connectivity index (χ1v) is 9.16. The first kappa shape index (κ1) is 17.3. The number of nitrogens with two attached hydrogens (primary N) is 1. The molecule has 4 aromatic rings. The van der Waals surface area contributed by atoms with Gasteiger partial charge in [-0.2, -0.15) is 0 Å². The van der Waals surface area contributed by atoms with Gasteiger partial charge in [0.2, 0.25) is 0 Å². The molecule has 0 aliphatic heterocycles. The number of hydrogen-bond acceptors (Lipinski definition) is 5. The molecule has 4 rings (SSSR count). The number of benzene rings is 3. The molecule has 0 saturated heterocycles. The van der Waals surface area contributed by atoms with E-state index in [9.17, 15) is 10.0 Å². The Morgan fingerprint density at radius 1 is 1.11 bits per heavy atom. The number of primary amides is 1. The van der Waals surface area contributed by atoms with E-state index in [1.165, 1.54) is 0 Å². The molecule has 1 aromatic heterocycles. The fraction of sp³-hybridized carbons (Fsp3) is 0.100. The number of fused-ring (bicyclic) bond motifs is 2. The summed E-state index contributed by atoms with van der Waals surface area (Å²) in [5, 5.41) is 12.9. The molecule has 6 nitrogen and oxygen atoms in total. The Kier molecular flexibility index (Phi) is 4.62. The van der Waals surface area contributed by atoms with Crippen molar-refractivity contribution in [2.75, 3.05) is 0 Å². The Morgan fingerprint density at radius 2 is 1.89 bits per heavy atom. The number of carbonyl (C=O) groups excluding carboxylic acids is 1. The summed E-state index contributed by atoms with van der Waals surface area (Å²) < 4.78 is 7.04. The van der Waals surface area contributed by atoms with Crippen molar-refractivity contribution in [2.24, 2.45) is 5.73 Å². The highest BCUT2D eigenvalue weighted by atomic mass is 32.1. The van der Waals surface area contributed by atoms with E-state index >= 15 is 0 Å². The van der Waals surface area contributed by atoms with Gasteiger partial charge in [-0.15, -0.1) is 11.3 Å². The van der Waals surface area contributed by atoms with Crippen molar-refractivity contribution in [2.45, 2.75) is 13.2 Å². The number of para-hydroxylation sites is 1. The van der Waals surface area contributed by atoms with Crippen LogP contribution >= 0.6 is 11.3 Å². The second kappa shape index (κ2) is 7.22. The van der Waals surface area contributed by atoms with Crippen molar-refractivity contribution in [1.82, 2.24) is 10.0 Å². The second-order valence-electron chi connectivity index (χ2n) is 6.10. The van der Waals surface area contributed by atoms with Gasteiger partial charge in [0.1, 0.15) is 17.4 Å². The average Bonchev–Trinajstić information content (AvgIpc) is 3.09. The van der Waals surface area contributed by atoms with Crippen LogP contribution in [0.3, 0.4) is 0 Å². The van der Waals surface area contributed by atoms with E-state index in [1.54, 1.807) is 11.3 Å². The van der Waals surface area contributed by atoms with Crippen LogP contribution in [0.25, 0.3) is 21.0 Å². The lowest BCUT2D eigenvalue weighted by atomic mass is 10.1. The normalized spacial score (nSPS) is 11.0. The van der Waals surface area contributed by atoms with Gasteiger partial charge in [-0.25, -0.2) is 14.8 Å². The number of urea groups is 1. The highest BCUT2D eigenvalue weighted by molar-refractivity contribution is 7.18. The Morgan fingerprint density at radius 3 is 2.70 bits per heavy atom. The maximum absolute atomic E-state index is 10.9. The lowest BCUT2D eigenvalue weighted by Gasteiger charge is -2.12. The van der Waals surface area contributed by atoms with Crippen molar-refractivity contribution in [3.63, 3.8) is 0 Å². The molecule has 0 aliphatic carbocycles. The van der Waals surface area contributed by atoms with Crippen molar-refractivity contribution in [1.29, 1.82) is 0 Å². The minimum absolute atomic E-state index is 0.0428. The standard InChI is InChI=1S/C20H17N3O3S/c21-20(24)23(25)11-13-5-6-15-10-16(8-7-14(15)9-13)26-12-19-22-17-3-1-2-4-18(17)27-19/h1-10,25H,11-12H2,(H2,21,24). The zero-order chi connectivity index (χ0) is 18.8. The maximum Gasteiger partial charge on any atom is 0.338 e. The van der Waals surface area contributed by atoms with Gasteiger partial charge >= 0.3 is 6.03 Å². The molecule has 0 fully saturated rings.